The van der Waals surface area contributed by atoms with Crippen LogP contribution >= 0.6 is 0 Å². The van der Waals surface area contributed by atoms with Gasteiger partial charge < -0.3 is 15.3 Å². The van der Waals surface area contributed by atoms with Gasteiger partial charge >= 0.3 is 12.0 Å². The zero-order chi connectivity index (χ0) is 15.2. The van der Waals surface area contributed by atoms with Crippen molar-refractivity contribution < 1.29 is 14.7 Å². The lowest BCUT2D eigenvalue weighted by atomic mass is 9.76. The fraction of sp³-hybridized carbons (Fsp3) is 0.733. The van der Waals surface area contributed by atoms with Crippen molar-refractivity contribution in [2.75, 3.05) is 13.1 Å². The van der Waals surface area contributed by atoms with Crippen molar-refractivity contribution in [2.45, 2.75) is 52.0 Å². The van der Waals surface area contributed by atoms with Crippen molar-refractivity contribution in [1.29, 1.82) is 0 Å². The lowest BCUT2D eigenvalue weighted by Crippen LogP contribution is -2.53. The molecule has 0 aliphatic carbocycles. The van der Waals surface area contributed by atoms with Gasteiger partial charge in [0.05, 0.1) is 5.41 Å². The normalized spacial score (nSPS) is 24.0. The smallest absolute Gasteiger partial charge is 0.317 e. The summed E-state index contributed by atoms with van der Waals surface area (Å²) in [6.07, 6.45) is 5.30. The predicted molar refractivity (Wildman–Crippen MR) is 78.6 cm³/mol. The van der Waals surface area contributed by atoms with Crippen LogP contribution in [-0.4, -0.2) is 41.1 Å². The summed E-state index contributed by atoms with van der Waals surface area (Å²) in [6.45, 7) is 8.49. The summed E-state index contributed by atoms with van der Waals surface area (Å²) in [6, 6.07) is -0.145. The van der Waals surface area contributed by atoms with E-state index in [4.69, 9.17) is 0 Å². The lowest BCUT2D eigenvalue weighted by molar-refractivity contribution is -0.152. The Hall–Kier alpha value is -1.52. The number of carbonyl (C=O) groups excluding carboxylic acids is 1. The summed E-state index contributed by atoms with van der Waals surface area (Å²) in [5.74, 6) is -0.781. The molecule has 2 amide bonds. The Bertz CT molecular complexity index is 366. The molecule has 0 aromatic heterocycles. The molecule has 20 heavy (non-hydrogen) atoms. The predicted octanol–water partition coefficient (Wildman–Crippen LogP) is 2.63. The maximum Gasteiger partial charge on any atom is 0.317 e. The van der Waals surface area contributed by atoms with Crippen LogP contribution in [0.15, 0.2) is 12.7 Å². The van der Waals surface area contributed by atoms with E-state index in [-0.39, 0.29) is 12.1 Å². The van der Waals surface area contributed by atoms with Gasteiger partial charge in [-0.25, -0.2) is 4.79 Å². The number of piperidine rings is 1. The third-order valence-electron chi connectivity index (χ3n) is 3.94. The molecule has 1 heterocycles. The number of amides is 2. The van der Waals surface area contributed by atoms with Crippen molar-refractivity contribution in [2.24, 2.45) is 5.41 Å². The van der Waals surface area contributed by atoms with Crippen molar-refractivity contribution in [1.82, 2.24) is 10.2 Å². The molecule has 2 atom stereocenters. The van der Waals surface area contributed by atoms with Gasteiger partial charge in [-0.2, -0.15) is 0 Å². The summed E-state index contributed by atoms with van der Waals surface area (Å²) < 4.78 is 0. The third kappa shape index (κ3) is 3.99. The molecule has 0 aromatic rings. The third-order valence-corrected chi connectivity index (χ3v) is 3.94. The average molecular weight is 282 g/mol. The first kappa shape index (κ1) is 16.5. The molecule has 2 unspecified atom stereocenters. The van der Waals surface area contributed by atoms with Gasteiger partial charge in [0.15, 0.2) is 0 Å². The number of hydrogen-bond donors (Lipinski definition) is 2. The summed E-state index contributed by atoms with van der Waals surface area (Å²) in [5.41, 5.74) is -0.772. The molecule has 0 aromatic carbocycles. The highest BCUT2D eigenvalue weighted by molar-refractivity contribution is 5.79. The fourth-order valence-electron chi connectivity index (χ4n) is 2.88. The Morgan fingerprint density at radius 1 is 1.55 bits per heavy atom. The molecule has 1 fully saturated rings. The number of hydrogen-bond acceptors (Lipinski definition) is 2. The molecule has 0 bridgehead atoms. The number of nitrogens with one attached hydrogen (secondary N) is 1. The first-order valence-corrected chi connectivity index (χ1v) is 7.35. The number of rotatable bonds is 6. The monoisotopic (exact) mass is 282 g/mol. The Labute approximate surface area is 121 Å². The van der Waals surface area contributed by atoms with Crippen LogP contribution < -0.4 is 5.32 Å². The molecule has 5 nitrogen and oxygen atoms in total. The number of carboxylic acids is 1. The summed E-state index contributed by atoms with van der Waals surface area (Å²) in [4.78, 5) is 25.4. The van der Waals surface area contributed by atoms with Gasteiger partial charge in [0.25, 0.3) is 0 Å². The molecule has 1 aliphatic heterocycles. The highest BCUT2D eigenvalue weighted by atomic mass is 16.4. The number of carbonyl (C=O) groups is 2. The lowest BCUT2D eigenvalue weighted by Gasteiger charge is -2.40. The Morgan fingerprint density at radius 2 is 2.25 bits per heavy atom. The van der Waals surface area contributed by atoms with Crippen LogP contribution in [0.1, 0.15) is 46.0 Å². The average Bonchev–Trinajstić information content (AvgIpc) is 2.39. The van der Waals surface area contributed by atoms with Gasteiger partial charge in [-0.3, -0.25) is 4.79 Å². The topological polar surface area (TPSA) is 69.6 Å². The van der Waals surface area contributed by atoms with Crippen LogP contribution in [0.5, 0.6) is 0 Å². The number of urea groups is 1. The van der Waals surface area contributed by atoms with Gasteiger partial charge in [0, 0.05) is 19.1 Å². The molecule has 0 radical (unpaired) electrons. The maximum absolute atomic E-state index is 12.2. The standard InChI is InChI=1S/C15H26N2O3/c1-4-7-12(3)16-14(20)17-10-6-9-15(11-17,8-5-2)13(18)19/h4,12H,1,5-11H2,2-3H3,(H,16,20)(H,18,19). The van der Waals surface area contributed by atoms with Crippen LogP contribution in [0.2, 0.25) is 0 Å². The van der Waals surface area contributed by atoms with E-state index in [1.807, 2.05) is 13.8 Å². The highest BCUT2D eigenvalue weighted by Gasteiger charge is 2.42. The first-order chi connectivity index (χ1) is 9.45. The SMILES string of the molecule is C=CCC(C)NC(=O)N1CCCC(CCC)(C(=O)O)C1. The molecule has 5 heteroatoms. The molecular weight excluding hydrogens is 256 g/mol. The Kier molecular flexibility index (Phi) is 6.05. The number of carboxylic acid groups (broad SMARTS) is 1. The quantitative estimate of drug-likeness (QED) is 0.736. The number of aliphatic carboxylic acids is 1. The minimum Gasteiger partial charge on any atom is -0.481 e. The Morgan fingerprint density at radius 3 is 2.80 bits per heavy atom. The number of nitrogens with zero attached hydrogens (tertiary/aromatic N) is 1. The zero-order valence-corrected chi connectivity index (χ0v) is 12.5. The molecule has 1 saturated heterocycles. The van der Waals surface area contributed by atoms with Crippen LogP contribution in [0, 0.1) is 5.41 Å². The Balaban J connectivity index is 2.69. The second-order valence-corrected chi connectivity index (χ2v) is 5.74. The molecular formula is C15H26N2O3. The maximum atomic E-state index is 12.2. The van der Waals surface area contributed by atoms with E-state index in [1.165, 1.54) is 0 Å². The fourth-order valence-corrected chi connectivity index (χ4v) is 2.88. The van der Waals surface area contributed by atoms with E-state index in [0.29, 0.717) is 32.4 Å². The molecule has 0 saturated carbocycles. The minimum atomic E-state index is -0.781. The van der Waals surface area contributed by atoms with E-state index in [2.05, 4.69) is 11.9 Å². The van der Waals surface area contributed by atoms with Gasteiger partial charge in [-0.1, -0.05) is 19.4 Å². The molecule has 2 N–H and O–H groups in total. The van der Waals surface area contributed by atoms with Crippen LogP contribution in [0.4, 0.5) is 4.79 Å². The summed E-state index contributed by atoms with van der Waals surface area (Å²) >= 11 is 0. The van der Waals surface area contributed by atoms with E-state index in [0.717, 1.165) is 12.8 Å². The van der Waals surface area contributed by atoms with E-state index in [9.17, 15) is 14.7 Å². The van der Waals surface area contributed by atoms with Gasteiger partial charge in [0.1, 0.15) is 0 Å². The van der Waals surface area contributed by atoms with Crippen LogP contribution in [0.25, 0.3) is 0 Å². The molecule has 0 spiro atoms. The van der Waals surface area contributed by atoms with Crippen LogP contribution in [-0.2, 0) is 4.79 Å². The minimum absolute atomic E-state index is 0.0207. The van der Waals surface area contributed by atoms with Gasteiger partial charge in [-0.05, 0) is 32.6 Å². The van der Waals surface area contributed by atoms with Gasteiger partial charge in [0.2, 0.25) is 0 Å². The molecule has 114 valence electrons. The largest absolute Gasteiger partial charge is 0.481 e. The molecule has 1 aliphatic rings. The van der Waals surface area contributed by atoms with Crippen molar-refractivity contribution in [3.05, 3.63) is 12.7 Å². The van der Waals surface area contributed by atoms with Gasteiger partial charge in [-0.15, -0.1) is 6.58 Å². The summed E-state index contributed by atoms with van der Waals surface area (Å²) in [5, 5.41) is 12.4. The second kappa shape index (κ2) is 7.31. The molecule has 1 rings (SSSR count). The zero-order valence-electron chi connectivity index (χ0n) is 12.5. The van der Waals surface area contributed by atoms with Crippen molar-refractivity contribution in [3.63, 3.8) is 0 Å². The van der Waals surface area contributed by atoms with E-state index >= 15 is 0 Å². The van der Waals surface area contributed by atoms with E-state index in [1.54, 1.807) is 11.0 Å². The van der Waals surface area contributed by atoms with Crippen LogP contribution in [0.3, 0.4) is 0 Å². The summed E-state index contributed by atoms with van der Waals surface area (Å²) in [7, 11) is 0. The number of likely N-dealkylation sites (tertiary alicyclic amines) is 1. The van der Waals surface area contributed by atoms with Crippen molar-refractivity contribution in [3.8, 4) is 0 Å². The second-order valence-electron chi connectivity index (χ2n) is 5.74. The van der Waals surface area contributed by atoms with E-state index < -0.39 is 11.4 Å². The highest BCUT2D eigenvalue weighted by Crippen LogP contribution is 2.35. The van der Waals surface area contributed by atoms with Crippen molar-refractivity contribution >= 4 is 12.0 Å². The first-order valence-electron chi connectivity index (χ1n) is 7.35.